The Bertz CT molecular complexity index is 721. The van der Waals surface area contributed by atoms with Gasteiger partial charge in [-0.25, -0.2) is 0 Å². The molecule has 3 N–H and O–H groups in total. The maximum absolute atomic E-state index is 12.1. The zero-order valence-electron chi connectivity index (χ0n) is 16.4. The lowest BCUT2D eigenvalue weighted by molar-refractivity contribution is 0.0954. The molecule has 0 atom stereocenters. The summed E-state index contributed by atoms with van der Waals surface area (Å²) in [6.45, 7) is 1.95. The van der Waals surface area contributed by atoms with Crippen molar-refractivity contribution in [2.24, 2.45) is 4.99 Å². The zero-order chi connectivity index (χ0) is 19.3. The number of aliphatic imine (C=N–C) groups is 1. The molecule has 0 radical (unpaired) electrons. The largest absolute Gasteiger partial charge is 0.497 e. The van der Waals surface area contributed by atoms with Gasteiger partial charge >= 0.3 is 0 Å². The minimum absolute atomic E-state index is 0. The normalized spacial score (nSPS) is 10.6. The number of hydrogen-bond donors (Lipinski definition) is 3. The quantitative estimate of drug-likeness (QED) is 0.216. The highest BCUT2D eigenvalue weighted by Gasteiger charge is 2.05. The van der Waals surface area contributed by atoms with E-state index in [-0.39, 0.29) is 29.9 Å². The number of nitrogens with one attached hydrogen (secondary N) is 3. The first-order chi connectivity index (χ1) is 13.2. The van der Waals surface area contributed by atoms with Crippen LogP contribution in [0.5, 0.6) is 5.75 Å². The highest BCUT2D eigenvalue weighted by molar-refractivity contribution is 14.0. The second-order valence-electron chi connectivity index (χ2n) is 6.00. The Hall–Kier alpha value is -2.29. The summed E-state index contributed by atoms with van der Waals surface area (Å²) < 4.78 is 5.09. The molecule has 0 aliphatic rings. The van der Waals surface area contributed by atoms with Gasteiger partial charge in [0.25, 0.3) is 5.91 Å². The molecule has 2 aromatic rings. The number of carbonyl (C=O) groups excluding carboxylic acids is 1. The van der Waals surface area contributed by atoms with E-state index >= 15 is 0 Å². The lowest BCUT2D eigenvalue weighted by atomic mass is 10.1. The first-order valence-corrected chi connectivity index (χ1v) is 9.13. The second kappa shape index (κ2) is 13.8. The number of halogens is 1. The summed E-state index contributed by atoms with van der Waals surface area (Å²) in [4.78, 5) is 16.3. The molecule has 0 spiro atoms. The molecule has 0 aromatic heterocycles. The van der Waals surface area contributed by atoms with Crippen LogP contribution in [-0.2, 0) is 6.42 Å². The molecule has 0 bridgehead atoms. The number of hydrogen-bond acceptors (Lipinski definition) is 3. The number of guanidine groups is 1. The topological polar surface area (TPSA) is 74.8 Å². The van der Waals surface area contributed by atoms with E-state index in [0.717, 1.165) is 31.1 Å². The van der Waals surface area contributed by atoms with Crippen LogP contribution in [0.3, 0.4) is 0 Å². The van der Waals surface area contributed by atoms with Gasteiger partial charge < -0.3 is 20.7 Å². The molecule has 152 valence electrons. The lowest BCUT2D eigenvalue weighted by Gasteiger charge is -2.12. The number of rotatable bonds is 9. The predicted octanol–water partition coefficient (Wildman–Crippen LogP) is 2.84. The van der Waals surface area contributed by atoms with E-state index in [2.05, 4.69) is 45.2 Å². The first kappa shape index (κ1) is 23.7. The molecule has 0 saturated heterocycles. The third kappa shape index (κ3) is 8.60. The highest BCUT2D eigenvalue weighted by Crippen LogP contribution is 2.10. The first-order valence-electron chi connectivity index (χ1n) is 9.13. The van der Waals surface area contributed by atoms with Crippen molar-refractivity contribution >= 4 is 35.8 Å². The Kier molecular flexibility index (Phi) is 11.7. The molecule has 2 aromatic carbocycles. The van der Waals surface area contributed by atoms with E-state index in [1.807, 2.05) is 6.07 Å². The van der Waals surface area contributed by atoms with Crippen LogP contribution in [-0.4, -0.2) is 45.7 Å². The molecule has 2 rings (SSSR count). The van der Waals surface area contributed by atoms with Crippen LogP contribution < -0.4 is 20.7 Å². The van der Waals surface area contributed by atoms with Crippen molar-refractivity contribution in [3.63, 3.8) is 0 Å². The van der Waals surface area contributed by atoms with E-state index in [0.29, 0.717) is 18.7 Å². The Balaban J connectivity index is 0.00000392. The van der Waals surface area contributed by atoms with Crippen LogP contribution >= 0.6 is 24.0 Å². The van der Waals surface area contributed by atoms with Gasteiger partial charge in [0, 0.05) is 32.2 Å². The van der Waals surface area contributed by atoms with Gasteiger partial charge in [-0.2, -0.15) is 0 Å². The average Bonchev–Trinajstić information content (AvgIpc) is 2.73. The van der Waals surface area contributed by atoms with E-state index < -0.39 is 0 Å². The van der Waals surface area contributed by atoms with Crippen LogP contribution in [0.15, 0.2) is 59.6 Å². The second-order valence-corrected chi connectivity index (χ2v) is 6.00. The number of aryl methyl sites for hydroxylation is 1. The lowest BCUT2D eigenvalue weighted by Crippen LogP contribution is -2.41. The van der Waals surface area contributed by atoms with Crippen LogP contribution in [0.1, 0.15) is 22.3 Å². The number of benzene rings is 2. The van der Waals surface area contributed by atoms with Crippen molar-refractivity contribution in [3.05, 3.63) is 65.7 Å². The summed E-state index contributed by atoms with van der Waals surface area (Å²) in [5.74, 6) is 1.36. The Morgan fingerprint density at radius 1 is 0.929 bits per heavy atom. The van der Waals surface area contributed by atoms with Gasteiger partial charge in [-0.1, -0.05) is 30.3 Å². The van der Waals surface area contributed by atoms with Crippen molar-refractivity contribution in [1.29, 1.82) is 0 Å². The average molecular weight is 496 g/mol. The minimum atomic E-state index is -0.106. The van der Waals surface area contributed by atoms with E-state index in [9.17, 15) is 4.79 Å². The number of nitrogens with zero attached hydrogens (tertiary/aromatic N) is 1. The Morgan fingerprint density at radius 2 is 1.57 bits per heavy atom. The molecule has 1 amide bonds. The Labute approximate surface area is 184 Å². The van der Waals surface area contributed by atoms with Crippen molar-refractivity contribution in [3.8, 4) is 5.75 Å². The molecular formula is C21H29IN4O2. The molecule has 0 fully saturated rings. The van der Waals surface area contributed by atoms with Crippen molar-refractivity contribution < 1.29 is 9.53 Å². The number of carbonyl (C=O) groups is 1. The summed E-state index contributed by atoms with van der Waals surface area (Å²) in [5, 5.41) is 9.36. The van der Waals surface area contributed by atoms with E-state index in [1.54, 1.807) is 38.4 Å². The summed E-state index contributed by atoms with van der Waals surface area (Å²) in [6.07, 6.45) is 2.06. The standard InChI is InChI=1S/C21H28N4O2.HI/c1-22-21(24-14-6-9-17-7-4-3-5-8-17)25-16-15-23-20(26)18-10-12-19(27-2)13-11-18;/h3-5,7-8,10-13H,6,9,14-16H2,1-2H3,(H,23,26)(H2,22,24,25);1H. The van der Waals surface area contributed by atoms with Crippen LogP contribution in [0.4, 0.5) is 0 Å². The summed E-state index contributed by atoms with van der Waals surface area (Å²) >= 11 is 0. The Morgan fingerprint density at radius 3 is 2.21 bits per heavy atom. The maximum atomic E-state index is 12.1. The maximum Gasteiger partial charge on any atom is 0.251 e. The molecule has 0 saturated carbocycles. The molecule has 0 aliphatic carbocycles. The number of ether oxygens (including phenoxy) is 1. The SMILES string of the molecule is CN=C(NCCCc1ccccc1)NCCNC(=O)c1ccc(OC)cc1.I. The van der Waals surface area contributed by atoms with Gasteiger partial charge in [-0.05, 0) is 42.7 Å². The molecule has 7 heteroatoms. The fourth-order valence-electron chi connectivity index (χ4n) is 2.57. The number of amides is 1. The van der Waals surface area contributed by atoms with Gasteiger partial charge in [0.15, 0.2) is 5.96 Å². The summed E-state index contributed by atoms with van der Waals surface area (Å²) in [5.41, 5.74) is 1.95. The van der Waals surface area contributed by atoms with Gasteiger partial charge in [0.05, 0.1) is 7.11 Å². The van der Waals surface area contributed by atoms with E-state index in [4.69, 9.17) is 4.74 Å². The molecular weight excluding hydrogens is 467 g/mol. The zero-order valence-corrected chi connectivity index (χ0v) is 18.7. The predicted molar refractivity (Wildman–Crippen MR) is 125 cm³/mol. The van der Waals surface area contributed by atoms with Gasteiger partial charge in [0.1, 0.15) is 5.75 Å². The molecule has 6 nitrogen and oxygen atoms in total. The molecule has 0 heterocycles. The monoisotopic (exact) mass is 496 g/mol. The van der Waals surface area contributed by atoms with Crippen molar-refractivity contribution in [1.82, 2.24) is 16.0 Å². The minimum Gasteiger partial charge on any atom is -0.497 e. The molecule has 0 aliphatic heterocycles. The fourth-order valence-corrected chi connectivity index (χ4v) is 2.57. The van der Waals surface area contributed by atoms with E-state index in [1.165, 1.54) is 5.56 Å². The van der Waals surface area contributed by atoms with Crippen LogP contribution in [0, 0.1) is 0 Å². The smallest absolute Gasteiger partial charge is 0.251 e. The fraction of sp³-hybridized carbons (Fsp3) is 0.333. The van der Waals surface area contributed by atoms with Gasteiger partial charge in [-0.3, -0.25) is 9.79 Å². The summed E-state index contributed by atoms with van der Waals surface area (Å²) in [6, 6.07) is 17.5. The van der Waals surface area contributed by atoms with Crippen LogP contribution in [0.25, 0.3) is 0 Å². The third-order valence-electron chi connectivity index (χ3n) is 4.06. The van der Waals surface area contributed by atoms with Crippen molar-refractivity contribution in [2.75, 3.05) is 33.8 Å². The number of methoxy groups -OCH3 is 1. The van der Waals surface area contributed by atoms with Crippen molar-refractivity contribution in [2.45, 2.75) is 12.8 Å². The third-order valence-corrected chi connectivity index (χ3v) is 4.06. The van der Waals surface area contributed by atoms with Gasteiger partial charge in [0.2, 0.25) is 0 Å². The van der Waals surface area contributed by atoms with Gasteiger partial charge in [-0.15, -0.1) is 24.0 Å². The molecule has 0 unspecified atom stereocenters. The molecule has 28 heavy (non-hydrogen) atoms. The van der Waals surface area contributed by atoms with Crippen LogP contribution in [0.2, 0.25) is 0 Å². The summed E-state index contributed by atoms with van der Waals surface area (Å²) in [7, 11) is 3.34. The highest BCUT2D eigenvalue weighted by atomic mass is 127.